The Morgan fingerprint density at radius 3 is 2.48 bits per heavy atom. The summed E-state index contributed by atoms with van der Waals surface area (Å²) in [6.45, 7) is 4.03. The van der Waals surface area contributed by atoms with E-state index in [4.69, 9.17) is 27.7 Å². The fraction of sp³-hybridized carbons (Fsp3) is 0.130. The number of halogens is 2. The van der Waals surface area contributed by atoms with Gasteiger partial charge in [0.2, 0.25) is 0 Å². The highest BCUT2D eigenvalue weighted by Crippen LogP contribution is 2.42. The van der Waals surface area contributed by atoms with Crippen LogP contribution in [-0.4, -0.2) is 15.2 Å². The zero-order valence-electron chi connectivity index (χ0n) is 15.9. The van der Waals surface area contributed by atoms with Crippen molar-refractivity contribution in [2.24, 2.45) is 0 Å². The van der Waals surface area contributed by atoms with Crippen LogP contribution in [0, 0.1) is 13.8 Å². The van der Waals surface area contributed by atoms with Gasteiger partial charge in [-0.2, -0.15) is 0 Å². The van der Waals surface area contributed by atoms with Crippen LogP contribution in [0.5, 0.6) is 0 Å². The van der Waals surface area contributed by atoms with Gasteiger partial charge in [-0.05, 0) is 43.7 Å². The summed E-state index contributed by atoms with van der Waals surface area (Å²) >= 11 is 12.5. The minimum absolute atomic E-state index is 0.428. The molecule has 0 bridgehead atoms. The van der Waals surface area contributed by atoms with Crippen molar-refractivity contribution >= 4 is 23.2 Å². The van der Waals surface area contributed by atoms with Crippen molar-refractivity contribution in [3.63, 3.8) is 0 Å². The predicted octanol–water partition coefficient (Wildman–Crippen LogP) is 6.41. The number of nitrogens with zero attached hydrogens (tertiary/aromatic N) is 2. The van der Waals surface area contributed by atoms with E-state index in [9.17, 15) is 5.11 Å². The van der Waals surface area contributed by atoms with Crippen LogP contribution in [0.4, 0.5) is 0 Å². The van der Waals surface area contributed by atoms with Crippen LogP contribution in [0.25, 0.3) is 22.6 Å². The van der Waals surface area contributed by atoms with E-state index in [2.05, 4.69) is 16.2 Å². The van der Waals surface area contributed by atoms with E-state index in [0.717, 1.165) is 16.7 Å². The summed E-state index contributed by atoms with van der Waals surface area (Å²) < 4.78 is 5.76. The van der Waals surface area contributed by atoms with Crippen LogP contribution >= 0.6 is 23.2 Å². The molecule has 4 aromatic rings. The fourth-order valence-corrected chi connectivity index (χ4v) is 3.89. The Hall–Kier alpha value is -2.66. The molecule has 0 aliphatic heterocycles. The molecule has 1 atom stereocenters. The van der Waals surface area contributed by atoms with E-state index < -0.39 is 6.10 Å². The molecular weight excluding hydrogens is 407 g/mol. The molecule has 2 aromatic carbocycles. The van der Waals surface area contributed by atoms with Gasteiger partial charge in [0.15, 0.2) is 5.76 Å². The molecule has 0 saturated carbocycles. The monoisotopic (exact) mass is 424 g/mol. The number of hydrogen-bond acceptors (Lipinski definition) is 4. The first-order valence-corrected chi connectivity index (χ1v) is 9.82. The van der Waals surface area contributed by atoms with E-state index in [1.165, 1.54) is 0 Å². The first kappa shape index (κ1) is 19.6. The highest BCUT2D eigenvalue weighted by molar-refractivity contribution is 6.36. The van der Waals surface area contributed by atoms with Crippen molar-refractivity contribution in [3.05, 3.63) is 93.2 Å². The summed E-state index contributed by atoms with van der Waals surface area (Å²) in [6.07, 6.45) is 2.29. The van der Waals surface area contributed by atoms with Gasteiger partial charge >= 0.3 is 0 Å². The van der Waals surface area contributed by atoms with E-state index in [1.807, 2.05) is 32.0 Å². The topological polar surface area (TPSA) is 59.2 Å². The lowest BCUT2D eigenvalue weighted by Gasteiger charge is -2.14. The summed E-state index contributed by atoms with van der Waals surface area (Å²) in [5.74, 6) is 0.500. The van der Waals surface area contributed by atoms with Crippen molar-refractivity contribution in [1.29, 1.82) is 0 Å². The smallest absolute Gasteiger partial charge is 0.173 e. The van der Waals surface area contributed by atoms with Crippen LogP contribution in [0.3, 0.4) is 0 Å². The largest absolute Gasteiger partial charge is 0.383 e. The molecule has 4 rings (SSSR count). The third kappa shape index (κ3) is 3.79. The summed E-state index contributed by atoms with van der Waals surface area (Å²) in [5, 5.41) is 16.5. The molecule has 29 heavy (non-hydrogen) atoms. The van der Waals surface area contributed by atoms with Gasteiger partial charge in [-0.1, -0.05) is 58.2 Å². The SMILES string of the molecule is Cc1ccc(-c2onc(-c3ccc(Cl)cc3Cl)c2C(O)c2cccnc2)c(C)c1. The second-order valence-electron chi connectivity index (χ2n) is 6.91. The molecule has 0 spiro atoms. The Balaban J connectivity index is 1.96. The van der Waals surface area contributed by atoms with Crippen LogP contribution < -0.4 is 0 Å². The Kier molecular flexibility index (Phi) is 5.41. The van der Waals surface area contributed by atoms with Gasteiger partial charge in [-0.25, -0.2) is 0 Å². The fourth-order valence-electron chi connectivity index (χ4n) is 3.39. The third-order valence-corrected chi connectivity index (χ3v) is 5.36. The first-order chi connectivity index (χ1) is 14.0. The van der Waals surface area contributed by atoms with Crippen LogP contribution in [0.1, 0.15) is 28.4 Å². The maximum Gasteiger partial charge on any atom is 0.173 e. The van der Waals surface area contributed by atoms with Crippen molar-refractivity contribution in [1.82, 2.24) is 10.1 Å². The zero-order valence-corrected chi connectivity index (χ0v) is 17.4. The van der Waals surface area contributed by atoms with Crippen LogP contribution in [0.15, 0.2) is 65.4 Å². The molecule has 0 fully saturated rings. The summed E-state index contributed by atoms with van der Waals surface area (Å²) in [6, 6.07) is 14.8. The summed E-state index contributed by atoms with van der Waals surface area (Å²) in [4.78, 5) is 4.12. The second kappa shape index (κ2) is 7.99. The summed E-state index contributed by atoms with van der Waals surface area (Å²) in [7, 11) is 0. The Morgan fingerprint density at radius 2 is 1.79 bits per heavy atom. The number of aliphatic hydroxyl groups is 1. The minimum atomic E-state index is -0.993. The van der Waals surface area contributed by atoms with E-state index >= 15 is 0 Å². The maximum atomic E-state index is 11.2. The molecule has 146 valence electrons. The lowest BCUT2D eigenvalue weighted by molar-refractivity contribution is 0.220. The highest BCUT2D eigenvalue weighted by Gasteiger charge is 2.28. The molecule has 2 heterocycles. The van der Waals surface area contributed by atoms with Crippen molar-refractivity contribution < 1.29 is 9.63 Å². The molecule has 0 radical (unpaired) electrons. The average Bonchev–Trinajstić information content (AvgIpc) is 3.12. The molecule has 1 N–H and O–H groups in total. The van der Waals surface area contributed by atoms with Crippen LogP contribution in [-0.2, 0) is 0 Å². The van der Waals surface area contributed by atoms with Crippen molar-refractivity contribution in [2.45, 2.75) is 20.0 Å². The van der Waals surface area contributed by atoms with Gasteiger partial charge in [0.25, 0.3) is 0 Å². The van der Waals surface area contributed by atoms with Gasteiger partial charge in [0, 0.05) is 34.1 Å². The minimum Gasteiger partial charge on any atom is -0.383 e. The third-order valence-electron chi connectivity index (χ3n) is 4.81. The number of aliphatic hydroxyl groups excluding tert-OH is 1. The lowest BCUT2D eigenvalue weighted by Crippen LogP contribution is -2.03. The summed E-state index contributed by atoms with van der Waals surface area (Å²) in [5.41, 5.74) is 5.29. The number of aryl methyl sites for hydroxylation is 2. The van der Waals surface area contributed by atoms with Crippen molar-refractivity contribution in [2.75, 3.05) is 0 Å². The number of aromatic nitrogens is 2. The number of hydrogen-bond donors (Lipinski definition) is 1. The average molecular weight is 425 g/mol. The Labute approximate surface area is 178 Å². The second-order valence-corrected chi connectivity index (χ2v) is 7.75. The molecular formula is C23H18Cl2N2O2. The standard InChI is InChI=1S/C23H18Cl2N2O2/c1-13-5-7-17(14(2)10-13)23-20(22(28)15-4-3-9-26-12-15)21(27-29-23)18-8-6-16(24)11-19(18)25/h3-12,22,28H,1-2H3. The molecule has 0 aliphatic carbocycles. The molecule has 0 aliphatic rings. The molecule has 1 unspecified atom stereocenters. The number of rotatable bonds is 4. The zero-order chi connectivity index (χ0) is 20.5. The Morgan fingerprint density at radius 1 is 1.00 bits per heavy atom. The number of pyridine rings is 1. The molecule has 4 nitrogen and oxygen atoms in total. The normalized spacial score (nSPS) is 12.2. The molecule has 2 aromatic heterocycles. The van der Waals surface area contributed by atoms with Crippen molar-refractivity contribution in [3.8, 4) is 22.6 Å². The number of benzene rings is 2. The lowest BCUT2D eigenvalue weighted by atomic mass is 9.93. The highest BCUT2D eigenvalue weighted by atomic mass is 35.5. The van der Waals surface area contributed by atoms with Crippen LogP contribution in [0.2, 0.25) is 10.0 Å². The van der Waals surface area contributed by atoms with Gasteiger partial charge in [-0.3, -0.25) is 4.98 Å². The van der Waals surface area contributed by atoms with E-state index in [-0.39, 0.29) is 0 Å². The van der Waals surface area contributed by atoms with Gasteiger partial charge in [0.1, 0.15) is 11.8 Å². The maximum absolute atomic E-state index is 11.2. The molecule has 6 heteroatoms. The predicted molar refractivity (Wildman–Crippen MR) is 115 cm³/mol. The molecule has 0 amide bonds. The van der Waals surface area contributed by atoms with Gasteiger partial charge < -0.3 is 9.63 Å². The van der Waals surface area contributed by atoms with Gasteiger partial charge in [-0.15, -0.1) is 0 Å². The van der Waals surface area contributed by atoms with E-state index in [0.29, 0.717) is 38.2 Å². The van der Waals surface area contributed by atoms with Gasteiger partial charge in [0.05, 0.1) is 10.6 Å². The first-order valence-electron chi connectivity index (χ1n) is 9.06. The molecule has 0 saturated heterocycles. The quantitative estimate of drug-likeness (QED) is 0.411. The van der Waals surface area contributed by atoms with E-state index in [1.54, 1.807) is 36.7 Å². The Bertz CT molecular complexity index is 1100.